The van der Waals surface area contributed by atoms with Crippen LogP contribution in [0.25, 0.3) is 21.8 Å². The topological polar surface area (TPSA) is 155 Å². The number of amides is 2. The highest BCUT2D eigenvalue weighted by molar-refractivity contribution is 5.83. The van der Waals surface area contributed by atoms with Gasteiger partial charge >= 0.3 is 0 Å². The van der Waals surface area contributed by atoms with Gasteiger partial charge in [-0.2, -0.15) is 14.1 Å². The molecule has 2 rings (SSSR count). The molecule has 0 bridgehead atoms. The van der Waals surface area contributed by atoms with Gasteiger partial charge in [0.1, 0.15) is 11.5 Å². The van der Waals surface area contributed by atoms with E-state index in [9.17, 15) is 19.8 Å². The molecule has 0 saturated carbocycles. The van der Waals surface area contributed by atoms with Crippen molar-refractivity contribution >= 4 is 11.8 Å². The monoisotopic (exact) mass is 384 g/mol. The van der Waals surface area contributed by atoms with E-state index in [1.807, 2.05) is 0 Å². The zero-order chi connectivity index (χ0) is 20.8. The van der Waals surface area contributed by atoms with Crippen LogP contribution in [-0.4, -0.2) is 48.2 Å². The number of likely N-dealkylation sites (N-methyl/N-ethyl adjacent to an activating group) is 2. The van der Waals surface area contributed by atoms with Gasteiger partial charge in [-0.05, 0) is 48.2 Å². The number of phenols is 2. The van der Waals surface area contributed by atoms with Gasteiger partial charge < -0.3 is 32.3 Å². The number of nitrogens with two attached hydrogens (primary N) is 2. The van der Waals surface area contributed by atoms with Crippen molar-refractivity contribution in [2.45, 2.75) is 24.9 Å². The van der Waals surface area contributed by atoms with Crippen molar-refractivity contribution in [3.05, 3.63) is 58.2 Å². The molecule has 0 aliphatic rings. The lowest BCUT2D eigenvalue weighted by atomic mass is 9.95. The number of carbonyl (C=O) groups excluding carboxylic acids is 2. The molecule has 2 amide bonds. The molecule has 0 aromatic heterocycles. The Bertz CT molecular complexity index is 798. The summed E-state index contributed by atoms with van der Waals surface area (Å²) in [6.07, 6.45) is 0.552. The number of phenolic OH excluding ortho intramolecular Hbond substituents is 2. The molecular formula is C20H24N4O4-2. The maximum absolute atomic E-state index is 11.4. The number of rotatable bonds is 9. The van der Waals surface area contributed by atoms with Gasteiger partial charge in [0.15, 0.2) is 11.8 Å². The minimum atomic E-state index is -0.681. The molecule has 0 radical (unpaired) electrons. The third kappa shape index (κ3) is 4.99. The van der Waals surface area contributed by atoms with Crippen LogP contribution >= 0.6 is 0 Å². The van der Waals surface area contributed by atoms with Gasteiger partial charge in [-0.25, -0.2) is 0 Å². The first-order chi connectivity index (χ1) is 13.3. The van der Waals surface area contributed by atoms with Crippen LogP contribution in [0.15, 0.2) is 36.4 Å². The highest BCUT2D eigenvalue weighted by Crippen LogP contribution is 2.37. The molecule has 2 aromatic carbocycles. The van der Waals surface area contributed by atoms with Crippen LogP contribution in [0.4, 0.5) is 0 Å². The number of primary amides is 2. The van der Waals surface area contributed by atoms with E-state index in [1.165, 1.54) is 26.2 Å². The lowest BCUT2D eigenvalue weighted by molar-refractivity contribution is -0.119. The Morgan fingerprint density at radius 2 is 1.18 bits per heavy atom. The van der Waals surface area contributed by atoms with Gasteiger partial charge in [-0.1, -0.05) is 24.2 Å². The average Bonchev–Trinajstić information content (AvgIpc) is 2.66. The smallest absolute Gasteiger partial charge is 0.200 e. The van der Waals surface area contributed by atoms with E-state index in [0.717, 1.165) is 11.1 Å². The summed E-state index contributed by atoms with van der Waals surface area (Å²) in [6, 6.07) is 8.28. The Morgan fingerprint density at radius 1 is 0.821 bits per heavy atom. The minimum Gasteiger partial charge on any atom is -0.654 e. The van der Waals surface area contributed by atoms with Crippen LogP contribution < -0.4 is 11.5 Å². The fourth-order valence-electron chi connectivity index (χ4n) is 2.94. The highest BCUT2D eigenvalue weighted by atomic mass is 16.3. The number of aromatic hydroxyl groups is 2. The normalized spacial score (nSPS) is 13.1. The predicted molar refractivity (Wildman–Crippen MR) is 107 cm³/mol. The third-order valence-corrected chi connectivity index (χ3v) is 4.55. The number of carbonyl (C=O) groups is 2. The van der Waals surface area contributed by atoms with Crippen molar-refractivity contribution in [2.24, 2.45) is 11.5 Å². The molecule has 0 saturated heterocycles. The van der Waals surface area contributed by atoms with E-state index in [4.69, 9.17) is 11.5 Å². The van der Waals surface area contributed by atoms with Gasteiger partial charge in [-0.15, -0.1) is 0 Å². The maximum Gasteiger partial charge on any atom is 0.200 e. The zero-order valence-electron chi connectivity index (χ0n) is 15.8. The van der Waals surface area contributed by atoms with E-state index < -0.39 is 23.9 Å². The van der Waals surface area contributed by atoms with Crippen molar-refractivity contribution in [1.82, 2.24) is 0 Å². The second-order valence-electron chi connectivity index (χ2n) is 6.46. The van der Waals surface area contributed by atoms with Gasteiger partial charge in [0.25, 0.3) is 0 Å². The number of nitrogens with zero attached hydrogens (tertiary/aromatic N) is 2. The van der Waals surface area contributed by atoms with Gasteiger partial charge in [0.05, 0.1) is 0 Å². The Labute approximate surface area is 163 Å². The first-order valence-corrected chi connectivity index (χ1v) is 8.67. The molecule has 0 heterocycles. The molecule has 0 aliphatic heterocycles. The fraction of sp³-hybridized carbons (Fsp3) is 0.300. The summed E-state index contributed by atoms with van der Waals surface area (Å²) < 4.78 is 0. The second-order valence-corrected chi connectivity index (χ2v) is 6.46. The average molecular weight is 384 g/mol. The van der Waals surface area contributed by atoms with Crippen molar-refractivity contribution < 1.29 is 19.8 Å². The largest absolute Gasteiger partial charge is 0.654 e. The van der Waals surface area contributed by atoms with E-state index >= 15 is 0 Å². The Kier molecular flexibility index (Phi) is 6.97. The quantitative estimate of drug-likeness (QED) is 0.518. The molecule has 0 fully saturated rings. The van der Waals surface area contributed by atoms with Crippen molar-refractivity contribution in [3.63, 3.8) is 0 Å². The van der Waals surface area contributed by atoms with Crippen LogP contribution in [0.5, 0.6) is 11.5 Å². The van der Waals surface area contributed by atoms with E-state index in [2.05, 4.69) is 10.6 Å². The molecule has 0 aliphatic carbocycles. The number of hydrogen-bond acceptors (Lipinski definition) is 4. The summed E-state index contributed by atoms with van der Waals surface area (Å²) in [5, 5.41) is 28.5. The first-order valence-electron chi connectivity index (χ1n) is 8.67. The molecule has 28 heavy (non-hydrogen) atoms. The van der Waals surface area contributed by atoms with E-state index in [0.29, 0.717) is 11.1 Å². The third-order valence-electron chi connectivity index (χ3n) is 4.55. The summed E-state index contributed by atoms with van der Waals surface area (Å²) in [6.45, 7) is 0. The maximum atomic E-state index is 11.4. The molecule has 2 aromatic rings. The molecule has 0 spiro atoms. The number of hydrogen-bond donors (Lipinski definition) is 4. The predicted octanol–water partition coefficient (Wildman–Crippen LogP) is 1.56. The Morgan fingerprint density at radius 3 is 1.46 bits per heavy atom. The van der Waals surface area contributed by atoms with Gasteiger partial charge in [0, 0.05) is 11.1 Å². The van der Waals surface area contributed by atoms with Crippen LogP contribution in [0, 0.1) is 0 Å². The number of benzene rings is 2. The zero-order valence-corrected chi connectivity index (χ0v) is 15.8. The first kappa shape index (κ1) is 21.2. The molecule has 150 valence electrons. The van der Waals surface area contributed by atoms with E-state index in [-0.39, 0.29) is 24.3 Å². The van der Waals surface area contributed by atoms with Crippen LogP contribution in [0.1, 0.15) is 11.1 Å². The highest BCUT2D eigenvalue weighted by Gasteiger charge is 2.14. The Balaban J connectivity index is 2.40. The summed E-state index contributed by atoms with van der Waals surface area (Å²) in [5.41, 5.74) is 12.9. The van der Waals surface area contributed by atoms with Crippen LogP contribution in [-0.2, 0) is 22.4 Å². The van der Waals surface area contributed by atoms with Crippen molar-refractivity contribution in [1.29, 1.82) is 0 Å². The van der Waals surface area contributed by atoms with Crippen LogP contribution in [0.3, 0.4) is 0 Å². The summed E-state index contributed by atoms with van der Waals surface area (Å²) in [5.74, 6) is -1.15. The minimum absolute atomic E-state index is 0.0353. The van der Waals surface area contributed by atoms with Gasteiger partial charge in [-0.3, -0.25) is 9.59 Å². The summed E-state index contributed by atoms with van der Waals surface area (Å²) >= 11 is 0. The lowest BCUT2D eigenvalue weighted by Gasteiger charge is -2.25. The Hall–Kier alpha value is -3.10. The molecule has 0 unspecified atom stereocenters. The summed E-state index contributed by atoms with van der Waals surface area (Å²) in [7, 11) is 3.03. The molecule has 6 N–H and O–H groups in total. The van der Waals surface area contributed by atoms with Crippen molar-refractivity contribution in [3.8, 4) is 22.6 Å². The fourth-order valence-corrected chi connectivity index (χ4v) is 2.94. The SMILES string of the molecule is C[N-][C@@H](Cc1ccc(O)c(-c2cc(C[C@H]([N-]C)C(N)=O)ccc2O)c1)C(N)=O. The lowest BCUT2D eigenvalue weighted by Crippen LogP contribution is -2.29. The summed E-state index contributed by atoms with van der Waals surface area (Å²) in [4.78, 5) is 22.9. The van der Waals surface area contributed by atoms with E-state index in [1.54, 1.807) is 24.3 Å². The van der Waals surface area contributed by atoms with Crippen LogP contribution in [0.2, 0.25) is 0 Å². The molecular weight excluding hydrogens is 360 g/mol. The molecule has 2 atom stereocenters. The molecule has 8 heteroatoms. The molecule has 8 nitrogen and oxygen atoms in total. The standard InChI is InChI=1S/C20H24N4O4/c1-23-15(19(21)27)9-11-3-5-17(25)13(7-11)14-8-12(4-6-18(14)26)10-16(24-2)20(22)28/h3-8,15-16,25-26H,9-10H2,1-2H3,(H2,21,27)(H2,22,28)/q-2/t15-,16-/m0/s1. The van der Waals surface area contributed by atoms with Gasteiger partial charge in [0.2, 0.25) is 0 Å². The second kappa shape index (κ2) is 9.20. The van der Waals surface area contributed by atoms with Crippen molar-refractivity contribution in [2.75, 3.05) is 14.1 Å².